The smallest absolute Gasteiger partial charge is 0.321 e. The van der Waals surface area contributed by atoms with Crippen LogP contribution < -0.4 is 0 Å². The minimum Gasteiger partial charge on any atom is -0.480 e. The molecule has 38 heavy (non-hydrogen) atoms. The van der Waals surface area contributed by atoms with Gasteiger partial charge in [0, 0.05) is 31.6 Å². The van der Waals surface area contributed by atoms with Gasteiger partial charge in [0.15, 0.2) is 17.5 Å². The van der Waals surface area contributed by atoms with Crippen LogP contribution in [0.25, 0.3) is 17.1 Å². The lowest BCUT2D eigenvalue weighted by Crippen LogP contribution is -2.52. The molecule has 2 aromatic heterocycles. The van der Waals surface area contributed by atoms with Gasteiger partial charge in [-0.2, -0.15) is 0 Å². The highest BCUT2D eigenvalue weighted by molar-refractivity contribution is 5.91. The average Bonchev–Trinajstić information content (AvgIpc) is 3.35. The van der Waals surface area contributed by atoms with E-state index in [2.05, 4.69) is 14.9 Å². The molecule has 7 nitrogen and oxygen atoms in total. The number of carboxylic acid groups (broad SMARTS) is 1. The Labute approximate surface area is 218 Å². The number of hydrogen-bond donors (Lipinski definition) is 2. The molecule has 2 N–H and O–H groups in total. The zero-order valence-electron chi connectivity index (χ0n) is 20.7. The van der Waals surface area contributed by atoms with Gasteiger partial charge in [0.1, 0.15) is 6.04 Å². The lowest BCUT2D eigenvalue weighted by Gasteiger charge is -2.41. The first-order valence-electron chi connectivity index (χ1n) is 12.8. The van der Waals surface area contributed by atoms with Crippen LogP contribution in [-0.4, -0.2) is 69.0 Å². The predicted molar refractivity (Wildman–Crippen MR) is 136 cm³/mol. The number of carbonyl (C=O) groups is 2. The Kier molecular flexibility index (Phi) is 7.51. The molecular formula is C28H29F3N4O3. The van der Waals surface area contributed by atoms with Crippen molar-refractivity contribution in [2.75, 3.05) is 26.2 Å². The molecule has 2 aliphatic heterocycles. The van der Waals surface area contributed by atoms with Crippen molar-refractivity contribution in [3.63, 3.8) is 0 Å². The van der Waals surface area contributed by atoms with Gasteiger partial charge in [-0.1, -0.05) is 0 Å². The lowest BCUT2D eigenvalue weighted by molar-refractivity contribution is -0.147. The predicted octanol–water partition coefficient (Wildman–Crippen LogP) is 4.56. The quantitative estimate of drug-likeness (QED) is 0.363. The van der Waals surface area contributed by atoms with Gasteiger partial charge in [-0.3, -0.25) is 19.5 Å². The van der Waals surface area contributed by atoms with E-state index in [0.29, 0.717) is 44.9 Å². The van der Waals surface area contributed by atoms with Gasteiger partial charge in [-0.25, -0.2) is 13.2 Å². The third kappa shape index (κ3) is 5.31. The summed E-state index contributed by atoms with van der Waals surface area (Å²) in [6.07, 6.45) is 9.02. The number of rotatable bonds is 6. The van der Waals surface area contributed by atoms with Crippen LogP contribution in [0.3, 0.4) is 0 Å². The van der Waals surface area contributed by atoms with Crippen LogP contribution >= 0.6 is 0 Å². The van der Waals surface area contributed by atoms with Gasteiger partial charge in [0.05, 0.1) is 11.0 Å². The first kappa shape index (κ1) is 26.0. The molecule has 2 aliphatic rings. The van der Waals surface area contributed by atoms with Crippen molar-refractivity contribution >= 4 is 29.0 Å². The fourth-order valence-corrected chi connectivity index (χ4v) is 5.81. The second-order valence-electron chi connectivity index (χ2n) is 10.0. The highest BCUT2D eigenvalue weighted by Gasteiger charge is 2.38. The maximum absolute atomic E-state index is 13.4. The summed E-state index contributed by atoms with van der Waals surface area (Å²) in [5.41, 5.74) is 3.20. The van der Waals surface area contributed by atoms with Gasteiger partial charge in [0.2, 0.25) is 5.91 Å². The number of nitrogens with one attached hydrogen (secondary N) is 1. The number of hydrogen-bond acceptors (Lipinski definition) is 4. The second kappa shape index (κ2) is 11.0. The van der Waals surface area contributed by atoms with E-state index < -0.39 is 29.5 Å². The summed E-state index contributed by atoms with van der Waals surface area (Å²) in [6.45, 7) is 2.13. The maximum atomic E-state index is 13.4. The van der Waals surface area contributed by atoms with E-state index in [1.807, 2.05) is 18.3 Å². The molecule has 5 rings (SSSR count). The number of halogens is 3. The Morgan fingerprint density at radius 3 is 2.39 bits per heavy atom. The van der Waals surface area contributed by atoms with Crippen molar-refractivity contribution in [1.29, 1.82) is 0 Å². The fourth-order valence-electron chi connectivity index (χ4n) is 5.81. The molecule has 2 saturated heterocycles. The molecular weight excluding hydrogens is 497 g/mol. The number of aliphatic carboxylic acids is 1. The van der Waals surface area contributed by atoms with Gasteiger partial charge in [-0.05, 0) is 92.1 Å². The van der Waals surface area contributed by atoms with E-state index >= 15 is 0 Å². The molecule has 1 unspecified atom stereocenters. The highest BCUT2D eigenvalue weighted by Crippen LogP contribution is 2.35. The molecule has 1 aromatic carbocycles. The Morgan fingerprint density at radius 2 is 1.74 bits per heavy atom. The minimum absolute atomic E-state index is 0.0439. The van der Waals surface area contributed by atoms with Crippen LogP contribution in [0, 0.1) is 23.4 Å². The number of carboxylic acids is 1. The number of benzene rings is 1. The number of H-pyrrole nitrogens is 1. The number of aromatic nitrogens is 2. The van der Waals surface area contributed by atoms with Crippen molar-refractivity contribution in [2.45, 2.75) is 37.6 Å². The molecule has 0 bridgehead atoms. The van der Waals surface area contributed by atoms with Crippen molar-refractivity contribution in [3.05, 3.63) is 71.3 Å². The van der Waals surface area contributed by atoms with Crippen molar-refractivity contribution in [2.24, 2.45) is 5.92 Å². The monoisotopic (exact) mass is 526 g/mol. The summed E-state index contributed by atoms with van der Waals surface area (Å²) in [5, 5.41) is 10.1. The summed E-state index contributed by atoms with van der Waals surface area (Å²) in [7, 11) is 0. The number of nitrogens with zero attached hydrogens (tertiary/aromatic N) is 3. The number of carbonyl (C=O) groups excluding carboxylic acids is 1. The van der Waals surface area contributed by atoms with Crippen LogP contribution in [0.15, 0.2) is 42.7 Å². The van der Waals surface area contributed by atoms with E-state index in [4.69, 9.17) is 0 Å². The van der Waals surface area contributed by atoms with Crippen molar-refractivity contribution < 1.29 is 27.9 Å². The summed E-state index contributed by atoms with van der Waals surface area (Å²) in [6, 6.07) is 4.92. The number of likely N-dealkylation sites (tertiary alicyclic amines) is 2. The maximum Gasteiger partial charge on any atom is 0.321 e. The van der Waals surface area contributed by atoms with Gasteiger partial charge in [-0.15, -0.1) is 0 Å². The number of pyridine rings is 1. The van der Waals surface area contributed by atoms with E-state index in [9.17, 15) is 27.9 Å². The largest absolute Gasteiger partial charge is 0.480 e. The van der Waals surface area contributed by atoms with Crippen LogP contribution in [0.5, 0.6) is 0 Å². The Hall–Kier alpha value is -3.66. The van der Waals surface area contributed by atoms with E-state index in [0.717, 1.165) is 36.0 Å². The molecule has 3 aromatic rings. The molecule has 200 valence electrons. The molecule has 0 spiro atoms. The number of aromatic amines is 1. The molecule has 0 radical (unpaired) electrons. The van der Waals surface area contributed by atoms with Crippen LogP contribution in [0.1, 0.15) is 42.7 Å². The highest BCUT2D eigenvalue weighted by atomic mass is 19.2. The molecule has 0 aliphatic carbocycles. The second-order valence-corrected chi connectivity index (χ2v) is 10.0. The van der Waals surface area contributed by atoms with Gasteiger partial charge >= 0.3 is 5.97 Å². The summed E-state index contributed by atoms with van der Waals surface area (Å²) in [4.78, 5) is 36.3. The van der Waals surface area contributed by atoms with Crippen LogP contribution in [0.4, 0.5) is 13.2 Å². The standard InChI is InChI=1S/C28H29F3N4O3/c29-21-14-17(15-22(30)25(21)31)3-4-24(36)34-10-7-19(8-11-34)27(28(37)38)35-12-5-18(6-13-35)20-16-33-23-2-1-9-32-26(20)23/h1-4,9,14-16,18-19,27,33H,5-8,10-13H2,(H,37,38)/b4-3+. The lowest BCUT2D eigenvalue weighted by atomic mass is 9.85. The van der Waals surface area contributed by atoms with Crippen molar-refractivity contribution in [1.82, 2.24) is 19.8 Å². The fraction of sp³-hybridized carbons (Fsp3) is 0.393. The minimum atomic E-state index is -1.55. The average molecular weight is 527 g/mol. The Morgan fingerprint density at radius 1 is 1.05 bits per heavy atom. The van der Waals surface area contributed by atoms with E-state index in [1.165, 1.54) is 17.7 Å². The molecule has 10 heteroatoms. The summed E-state index contributed by atoms with van der Waals surface area (Å²) < 4.78 is 40.0. The zero-order chi connectivity index (χ0) is 26.8. The normalized spacial score (nSPS) is 18.9. The third-order valence-electron chi connectivity index (χ3n) is 7.80. The topological polar surface area (TPSA) is 89.5 Å². The van der Waals surface area contributed by atoms with Crippen LogP contribution in [-0.2, 0) is 9.59 Å². The Bertz CT molecular complexity index is 1340. The van der Waals surface area contributed by atoms with Crippen LogP contribution in [0.2, 0.25) is 0 Å². The van der Waals surface area contributed by atoms with Gasteiger partial charge < -0.3 is 15.0 Å². The SMILES string of the molecule is O=C(O)C(C1CCN(C(=O)/C=C/c2cc(F)c(F)c(F)c2)CC1)N1CCC(c2c[nH]c3cccnc23)CC1. The first-order valence-corrected chi connectivity index (χ1v) is 12.8. The van der Waals surface area contributed by atoms with Crippen molar-refractivity contribution in [3.8, 4) is 0 Å². The number of fused-ring (bicyclic) bond motifs is 1. The zero-order valence-corrected chi connectivity index (χ0v) is 20.7. The number of piperidine rings is 2. The summed E-state index contributed by atoms with van der Waals surface area (Å²) >= 11 is 0. The molecule has 1 amide bonds. The summed E-state index contributed by atoms with van der Waals surface area (Å²) in [5.74, 6) is -5.15. The molecule has 4 heterocycles. The molecule has 1 atom stereocenters. The third-order valence-corrected chi connectivity index (χ3v) is 7.80. The van der Waals surface area contributed by atoms with E-state index in [1.54, 1.807) is 11.1 Å². The van der Waals surface area contributed by atoms with Gasteiger partial charge in [0.25, 0.3) is 0 Å². The number of amides is 1. The van der Waals surface area contributed by atoms with E-state index in [-0.39, 0.29) is 17.4 Å². The molecule has 2 fully saturated rings. The first-order chi connectivity index (χ1) is 18.3. The Balaban J connectivity index is 1.17. The molecule has 0 saturated carbocycles.